The Balaban J connectivity index is 2.35. The maximum atomic E-state index is 10.3. The molecule has 0 radical (unpaired) electrons. The molecule has 0 aromatic heterocycles. The Labute approximate surface area is 111 Å². The molecule has 1 saturated heterocycles. The van der Waals surface area contributed by atoms with Crippen molar-refractivity contribution in [3.05, 3.63) is 0 Å². The van der Waals surface area contributed by atoms with E-state index in [-0.39, 0.29) is 23.2 Å². The minimum Gasteiger partial charge on any atom is -0.393 e. The van der Waals surface area contributed by atoms with Crippen LogP contribution in [0.4, 0.5) is 0 Å². The fourth-order valence-corrected chi connectivity index (χ4v) is 2.85. The molecular formula is C14H28O4. The molecule has 0 aliphatic carbocycles. The zero-order valence-electron chi connectivity index (χ0n) is 12.4. The lowest BCUT2D eigenvalue weighted by molar-refractivity contribution is -0.0900. The number of aliphatic hydroxyl groups is 1. The highest BCUT2D eigenvalue weighted by Crippen LogP contribution is 2.44. The van der Waals surface area contributed by atoms with Gasteiger partial charge in [-0.15, -0.1) is 0 Å². The van der Waals surface area contributed by atoms with Crippen LogP contribution in [0.25, 0.3) is 0 Å². The Morgan fingerprint density at radius 2 is 1.89 bits per heavy atom. The van der Waals surface area contributed by atoms with Crippen molar-refractivity contribution in [3.8, 4) is 0 Å². The van der Waals surface area contributed by atoms with Crippen LogP contribution >= 0.6 is 0 Å². The van der Waals surface area contributed by atoms with Crippen molar-refractivity contribution >= 4 is 0 Å². The minimum absolute atomic E-state index is 0.147. The smallest absolute Gasteiger partial charge is 0.0700 e. The maximum absolute atomic E-state index is 10.3. The van der Waals surface area contributed by atoms with Gasteiger partial charge in [0.1, 0.15) is 0 Å². The summed E-state index contributed by atoms with van der Waals surface area (Å²) in [6, 6.07) is 0. The van der Waals surface area contributed by atoms with Crippen LogP contribution in [-0.2, 0) is 14.2 Å². The lowest BCUT2D eigenvalue weighted by Crippen LogP contribution is -2.36. The van der Waals surface area contributed by atoms with Crippen molar-refractivity contribution in [1.82, 2.24) is 0 Å². The lowest BCUT2D eigenvalue weighted by atomic mass is 9.82. The molecule has 0 saturated carbocycles. The SMILES string of the molecule is COCCOCCC(O)C1CC(C)(C)OC1(C)C. The van der Waals surface area contributed by atoms with Crippen molar-refractivity contribution in [2.75, 3.05) is 26.9 Å². The fraction of sp³-hybridized carbons (Fsp3) is 1.00. The van der Waals surface area contributed by atoms with Crippen molar-refractivity contribution in [3.63, 3.8) is 0 Å². The molecule has 108 valence electrons. The second-order valence-corrected chi connectivity index (χ2v) is 6.24. The monoisotopic (exact) mass is 260 g/mol. The van der Waals surface area contributed by atoms with E-state index in [1.165, 1.54) is 0 Å². The first-order valence-corrected chi connectivity index (χ1v) is 6.73. The van der Waals surface area contributed by atoms with Crippen molar-refractivity contribution in [2.24, 2.45) is 5.92 Å². The molecule has 1 aliphatic heterocycles. The molecular weight excluding hydrogens is 232 g/mol. The number of aliphatic hydroxyl groups excluding tert-OH is 1. The zero-order valence-corrected chi connectivity index (χ0v) is 12.4. The minimum atomic E-state index is -0.371. The predicted molar refractivity (Wildman–Crippen MR) is 70.7 cm³/mol. The molecule has 2 atom stereocenters. The Morgan fingerprint density at radius 3 is 2.39 bits per heavy atom. The molecule has 1 fully saturated rings. The Bertz CT molecular complexity index is 250. The topological polar surface area (TPSA) is 47.9 Å². The summed E-state index contributed by atoms with van der Waals surface area (Å²) < 4.78 is 16.3. The van der Waals surface area contributed by atoms with Gasteiger partial charge in [0.2, 0.25) is 0 Å². The highest BCUT2D eigenvalue weighted by Gasteiger charge is 2.48. The van der Waals surface area contributed by atoms with E-state index in [9.17, 15) is 5.11 Å². The molecule has 0 spiro atoms. The standard InChI is InChI=1S/C14H28O4/c1-13(2)10-11(14(3,4)18-13)12(15)6-7-17-9-8-16-5/h11-12,15H,6-10H2,1-5H3. The van der Waals surface area contributed by atoms with Gasteiger partial charge in [-0.1, -0.05) is 0 Å². The van der Waals surface area contributed by atoms with Crippen LogP contribution in [0.2, 0.25) is 0 Å². The van der Waals surface area contributed by atoms with Crippen LogP contribution in [0.5, 0.6) is 0 Å². The third-order valence-electron chi connectivity index (χ3n) is 3.60. The van der Waals surface area contributed by atoms with Gasteiger partial charge in [-0.2, -0.15) is 0 Å². The Hall–Kier alpha value is -0.160. The Kier molecular flexibility index (Phi) is 5.59. The first-order chi connectivity index (χ1) is 8.28. The van der Waals surface area contributed by atoms with Crippen LogP contribution in [0.15, 0.2) is 0 Å². The third kappa shape index (κ3) is 4.50. The summed E-state index contributed by atoms with van der Waals surface area (Å²) >= 11 is 0. The molecule has 2 unspecified atom stereocenters. The van der Waals surface area contributed by atoms with Gasteiger partial charge in [-0.25, -0.2) is 0 Å². The van der Waals surface area contributed by atoms with E-state index in [4.69, 9.17) is 14.2 Å². The van der Waals surface area contributed by atoms with Gasteiger partial charge < -0.3 is 19.3 Å². The normalized spacial score (nSPS) is 27.3. The van der Waals surface area contributed by atoms with E-state index in [2.05, 4.69) is 27.7 Å². The quantitative estimate of drug-likeness (QED) is 0.711. The van der Waals surface area contributed by atoms with Gasteiger partial charge in [0.05, 0.1) is 30.5 Å². The molecule has 0 bridgehead atoms. The second-order valence-electron chi connectivity index (χ2n) is 6.24. The van der Waals surface area contributed by atoms with E-state index in [0.29, 0.717) is 26.2 Å². The van der Waals surface area contributed by atoms with Gasteiger partial charge in [-0.05, 0) is 40.5 Å². The summed E-state index contributed by atoms with van der Waals surface area (Å²) in [5.41, 5.74) is -0.415. The summed E-state index contributed by atoms with van der Waals surface area (Å²) in [4.78, 5) is 0. The van der Waals surface area contributed by atoms with Crippen LogP contribution in [-0.4, -0.2) is 49.3 Å². The van der Waals surface area contributed by atoms with Crippen LogP contribution < -0.4 is 0 Å². The maximum Gasteiger partial charge on any atom is 0.0700 e. The van der Waals surface area contributed by atoms with Gasteiger partial charge in [-0.3, -0.25) is 0 Å². The van der Waals surface area contributed by atoms with E-state index < -0.39 is 0 Å². The van der Waals surface area contributed by atoms with Crippen molar-refractivity contribution in [1.29, 1.82) is 0 Å². The van der Waals surface area contributed by atoms with Crippen LogP contribution in [0.3, 0.4) is 0 Å². The lowest BCUT2D eigenvalue weighted by Gasteiger charge is -2.30. The van der Waals surface area contributed by atoms with Gasteiger partial charge in [0, 0.05) is 19.6 Å². The fourth-order valence-electron chi connectivity index (χ4n) is 2.85. The largest absolute Gasteiger partial charge is 0.393 e. The van der Waals surface area contributed by atoms with Gasteiger partial charge in [0.15, 0.2) is 0 Å². The summed E-state index contributed by atoms with van der Waals surface area (Å²) in [6.07, 6.45) is 1.17. The molecule has 0 aromatic carbocycles. The third-order valence-corrected chi connectivity index (χ3v) is 3.60. The number of ether oxygens (including phenoxy) is 3. The van der Waals surface area contributed by atoms with Crippen molar-refractivity contribution in [2.45, 2.75) is 57.8 Å². The average Bonchev–Trinajstić information content (AvgIpc) is 2.46. The van der Waals surface area contributed by atoms with Crippen LogP contribution in [0, 0.1) is 5.92 Å². The Morgan fingerprint density at radius 1 is 1.22 bits per heavy atom. The first kappa shape index (κ1) is 15.9. The first-order valence-electron chi connectivity index (χ1n) is 6.73. The summed E-state index contributed by atoms with van der Waals surface area (Å²) in [5, 5.41) is 10.3. The molecule has 1 rings (SSSR count). The predicted octanol–water partition coefficient (Wildman–Crippen LogP) is 1.99. The molecule has 0 amide bonds. The molecule has 0 aromatic rings. The van der Waals surface area contributed by atoms with E-state index in [0.717, 1.165) is 6.42 Å². The summed E-state index contributed by atoms with van der Waals surface area (Å²) in [7, 11) is 1.65. The summed E-state index contributed by atoms with van der Waals surface area (Å²) in [5.74, 6) is 0.165. The van der Waals surface area contributed by atoms with E-state index in [1.54, 1.807) is 7.11 Å². The number of rotatable bonds is 7. The van der Waals surface area contributed by atoms with Crippen LogP contribution in [0.1, 0.15) is 40.5 Å². The zero-order chi connectivity index (χ0) is 13.8. The van der Waals surface area contributed by atoms with Crippen molar-refractivity contribution < 1.29 is 19.3 Å². The number of methoxy groups -OCH3 is 1. The molecule has 4 heteroatoms. The molecule has 1 N–H and O–H groups in total. The molecule has 1 aliphatic rings. The molecule has 1 heterocycles. The number of hydrogen-bond donors (Lipinski definition) is 1. The second kappa shape index (κ2) is 6.33. The van der Waals surface area contributed by atoms with E-state index in [1.807, 2.05) is 0 Å². The number of hydrogen-bond acceptors (Lipinski definition) is 4. The van der Waals surface area contributed by atoms with Gasteiger partial charge in [0.25, 0.3) is 0 Å². The highest BCUT2D eigenvalue weighted by molar-refractivity contribution is 4.97. The summed E-state index contributed by atoms with van der Waals surface area (Å²) in [6.45, 7) is 10.0. The van der Waals surface area contributed by atoms with Gasteiger partial charge >= 0.3 is 0 Å². The average molecular weight is 260 g/mol. The molecule has 18 heavy (non-hydrogen) atoms. The highest BCUT2D eigenvalue weighted by atomic mass is 16.5. The molecule has 4 nitrogen and oxygen atoms in total. The van der Waals surface area contributed by atoms with E-state index >= 15 is 0 Å².